The average molecular weight is 303 g/mol. The molecule has 0 heterocycles. The summed E-state index contributed by atoms with van der Waals surface area (Å²) < 4.78 is 5.94. The van der Waals surface area contributed by atoms with E-state index in [1.807, 2.05) is 44.2 Å². The summed E-state index contributed by atoms with van der Waals surface area (Å²) in [5.74, 6) is 1.66. The van der Waals surface area contributed by atoms with Crippen LogP contribution in [-0.2, 0) is 6.42 Å². The molecule has 2 N–H and O–H groups in total. The van der Waals surface area contributed by atoms with Gasteiger partial charge in [-0.25, -0.2) is 0 Å². The molecule has 0 spiro atoms. The predicted octanol–water partition coefficient (Wildman–Crippen LogP) is 5.27. The third-order valence-electron chi connectivity index (χ3n) is 3.98. The Morgan fingerprint density at radius 1 is 0.739 bits per heavy atom. The predicted molar refractivity (Wildman–Crippen MR) is 96.1 cm³/mol. The Labute approximate surface area is 137 Å². The van der Waals surface area contributed by atoms with E-state index in [-0.39, 0.29) is 0 Å². The summed E-state index contributed by atoms with van der Waals surface area (Å²) in [6.07, 6.45) is 0.932. The Morgan fingerprint density at radius 3 is 1.91 bits per heavy atom. The first-order chi connectivity index (χ1) is 11.1. The Morgan fingerprint density at radius 2 is 1.30 bits per heavy atom. The van der Waals surface area contributed by atoms with Gasteiger partial charge < -0.3 is 10.5 Å². The number of hydrogen-bond acceptors (Lipinski definition) is 2. The smallest absolute Gasteiger partial charge is 0.128 e. The van der Waals surface area contributed by atoms with Crippen molar-refractivity contribution >= 4 is 5.69 Å². The quantitative estimate of drug-likeness (QED) is 0.666. The van der Waals surface area contributed by atoms with Crippen LogP contribution in [0.1, 0.15) is 22.3 Å². The van der Waals surface area contributed by atoms with Crippen molar-refractivity contribution in [3.63, 3.8) is 0 Å². The first kappa shape index (κ1) is 15.2. The molecule has 0 saturated heterocycles. The zero-order valence-corrected chi connectivity index (χ0v) is 13.5. The lowest BCUT2D eigenvalue weighted by molar-refractivity contribution is 0.482. The monoisotopic (exact) mass is 303 g/mol. The van der Waals surface area contributed by atoms with Crippen LogP contribution in [-0.4, -0.2) is 0 Å². The van der Waals surface area contributed by atoms with Crippen LogP contribution in [0, 0.1) is 13.8 Å². The minimum absolute atomic E-state index is 0.824. The lowest BCUT2D eigenvalue weighted by Gasteiger charge is -2.11. The molecule has 0 bridgehead atoms. The minimum atomic E-state index is 0.824. The fourth-order valence-electron chi connectivity index (χ4n) is 2.64. The van der Waals surface area contributed by atoms with Crippen molar-refractivity contribution in [2.45, 2.75) is 20.3 Å². The third kappa shape index (κ3) is 3.72. The number of anilines is 1. The van der Waals surface area contributed by atoms with Gasteiger partial charge in [0.25, 0.3) is 0 Å². The number of aryl methyl sites for hydroxylation is 2. The fourth-order valence-corrected chi connectivity index (χ4v) is 2.64. The van der Waals surface area contributed by atoms with Gasteiger partial charge in [-0.1, -0.05) is 42.5 Å². The van der Waals surface area contributed by atoms with Crippen LogP contribution in [0.4, 0.5) is 5.69 Å². The second-order valence-corrected chi connectivity index (χ2v) is 5.88. The molecule has 2 nitrogen and oxygen atoms in total. The summed E-state index contributed by atoms with van der Waals surface area (Å²) >= 11 is 0. The van der Waals surface area contributed by atoms with E-state index < -0.39 is 0 Å². The number of ether oxygens (including phenoxy) is 1. The molecular weight excluding hydrogens is 282 g/mol. The molecule has 116 valence electrons. The first-order valence-corrected chi connectivity index (χ1v) is 7.79. The summed E-state index contributed by atoms with van der Waals surface area (Å²) in [6.45, 7) is 4.00. The van der Waals surface area contributed by atoms with Gasteiger partial charge in [-0.3, -0.25) is 0 Å². The molecule has 0 radical (unpaired) electrons. The Bertz CT molecular complexity index is 769. The fraction of sp³-hybridized carbons (Fsp3) is 0.143. The van der Waals surface area contributed by atoms with E-state index in [1.54, 1.807) is 0 Å². The average Bonchev–Trinajstić information content (AvgIpc) is 2.55. The van der Waals surface area contributed by atoms with E-state index in [0.717, 1.165) is 34.7 Å². The molecular formula is C21H21NO. The molecule has 23 heavy (non-hydrogen) atoms. The van der Waals surface area contributed by atoms with E-state index >= 15 is 0 Å². The Hall–Kier alpha value is -2.74. The van der Waals surface area contributed by atoms with Crippen molar-refractivity contribution in [1.29, 1.82) is 0 Å². The summed E-state index contributed by atoms with van der Waals surface area (Å²) in [5, 5.41) is 0. The number of nitrogen functional groups attached to an aromatic ring is 1. The molecule has 0 aromatic heterocycles. The van der Waals surface area contributed by atoms with Gasteiger partial charge in [0.15, 0.2) is 0 Å². The van der Waals surface area contributed by atoms with Gasteiger partial charge in [0.2, 0.25) is 0 Å². The van der Waals surface area contributed by atoms with Crippen LogP contribution >= 0.6 is 0 Å². The molecule has 0 amide bonds. The second kappa shape index (κ2) is 6.57. The zero-order chi connectivity index (χ0) is 16.2. The lowest BCUT2D eigenvalue weighted by atomic mass is 10.1. The Kier molecular flexibility index (Phi) is 4.33. The van der Waals surface area contributed by atoms with Crippen LogP contribution in [0.5, 0.6) is 11.5 Å². The number of nitrogens with two attached hydrogens (primary N) is 1. The Balaban J connectivity index is 1.73. The SMILES string of the molecule is Cc1cc(Oc2ccc(Cc3ccccc3)cc2)cc(C)c1N. The van der Waals surface area contributed by atoms with E-state index in [2.05, 4.69) is 36.4 Å². The van der Waals surface area contributed by atoms with Crippen molar-refractivity contribution in [2.75, 3.05) is 5.73 Å². The van der Waals surface area contributed by atoms with Crippen LogP contribution in [0.2, 0.25) is 0 Å². The van der Waals surface area contributed by atoms with Crippen molar-refractivity contribution in [3.05, 3.63) is 89.0 Å². The van der Waals surface area contributed by atoms with Crippen LogP contribution < -0.4 is 10.5 Å². The normalized spacial score (nSPS) is 10.5. The molecule has 0 aliphatic heterocycles. The highest BCUT2D eigenvalue weighted by molar-refractivity contribution is 5.56. The highest BCUT2D eigenvalue weighted by atomic mass is 16.5. The number of rotatable bonds is 4. The number of benzene rings is 3. The molecule has 0 fully saturated rings. The molecule has 2 heteroatoms. The van der Waals surface area contributed by atoms with E-state index in [0.29, 0.717) is 0 Å². The second-order valence-electron chi connectivity index (χ2n) is 5.88. The van der Waals surface area contributed by atoms with Gasteiger partial charge in [-0.2, -0.15) is 0 Å². The van der Waals surface area contributed by atoms with Crippen molar-refractivity contribution in [1.82, 2.24) is 0 Å². The van der Waals surface area contributed by atoms with Gasteiger partial charge >= 0.3 is 0 Å². The molecule has 0 saturated carbocycles. The maximum atomic E-state index is 5.98. The van der Waals surface area contributed by atoms with Crippen LogP contribution in [0.25, 0.3) is 0 Å². The van der Waals surface area contributed by atoms with Gasteiger partial charge in [0.1, 0.15) is 11.5 Å². The largest absolute Gasteiger partial charge is 0.457 e. The van der Waals surface area contributed by atoms with Crippen LogP contribution in [0.15, 0.2) is 66.7 Å². The summed E-state index contributed by atoms with van der Waals surface area (Å²) in [7, 11) is 0. The molecule has 0 atom stereocenters. The summed E-state index contributed by atoms with van der Waals surface area (Å²) in [4.78, 5) is 0. The van der Waals surface area contributed by atoms with E-state index in [4.69, 9.17) is 10.5 Å². The third-order valence-corrected chi connectivity index (χ3v) is 3.98. The maximum Gasteiger partial charge on any atom is 0.128 e. The van der Waals surface area contributed by atoms with Gasteiger partial charge in [-0.05, 0) is 66.8 Å². The van der Waals surface area contributed by atoms with Gasteiger partial charge in [0, 0.05) is 5.69 Å². The zero-order valence-electron chi connectivity index (χ0n) is 13.5. The highest BCUT2D eigenvalue weighted by Crippen LogP contribution is 2.28. The molecule has 3 aromatic rings. The molecule has 3 aromatic carbocycles. The first-order valence-electron chi connectivity index (χ1n) is 7.79. The molecule has 3 rings (SSSR count). The number of hydrogen-bond donors (Lipinski definition) is 1. The maximum absolute atomic E-state index is 5.98. The van der Waals surface area contributed by atoms with E-state index in [9.17, 15) is 0 Å². The standard InChI is InChI=1S/C21H21NO/c1-15-12-20(13-16(2)21(15)22)23-19-10-8-18(9-11-19)14-17-6-4-3-5-7-17/h3-13H,14,22H2,1-2H3. The molecule has 0 aliphatic rings. The molecule has 0 unspecified atom stereocenters. The summed E-state index contributed by atoms with van der Waals surface area (Å²) in [6, 6.07) is 22.7. The van der Waals surface area contributed by atoms with Crippen molar-refractivity contribution in [3.8, 4) is 11.5 Å². The minimum Gasteiger partial charge on any atom is -0.457 e. The van der Waals surface area contributed by atoms with Gasteiger partial charge in [-0.15, -0.1) is 0 Å². The summed E-state index contributed by atoms with van der Waals surface area (Å²) in [5.41, 5.74) is 11.5. The van der Waals surface area contributed by atoms with Crippen LogP contribution in [0.3, 0.4) is 0 Å². The van der Waals surface area contributed by atoms with Gasteiger partial charge in [0.05, 0.1) is 0 Å². The topological polar surface area (TPSA) is 35.2 Å². The lowest BCUT2D eigenvalue weighted by Crippen LogP contribution is -1.95. The highest BCUT2D eigenvalue weighted by Gasteiger charge is 2.04. The van der Waals surface area contributed by atoms with E-state index in [1.165, 1.54) is 11.1 Å². The van der Waals surface area contributed by atoms with Crippen molar-refractivity contribution in [2.24, 2.45) is 0 Å². The van der Waals surface area contributed by atoms with Crippen molar-refractivity contribution < 1.29 is 4.74 Å². The molecule has 0 aliphatic carbocycles.